The van der Waals surface area contributed by atoms with Crippen molar-refractivity contribution in [3.05, 3.63) is 82.0 Å². The Kier molecular flexibility index (Phi) is 5.27. The molecule has 3 aromatic rings. The summed E-state index contributed by atoms with van der Waals surface area (Å²) in [7, 11) is 0. The minimum absolute atomic E-state index is 0.260. The molecule has 1 N–H and O–H groups in total. The van der Waals surface area contributed by atoms with Crippen molar-refractivity contribution in [3.63, 3.8) is 0 Å². The quantitative estimate of drug-likeness (QED) is 0.553. The molecular formula is C20H15Cl2NO2. The predicted molar refractivity (Wildman–Crippen MR) is 103 cm³/mol. The van der Waals surface area contributed by atoms with Crippen molar-refractivity contribution in [1.29, 1.82) is 0 Å². The van der Waals surface area contributed by atoms with E-state index in [0.29, 0.717) is 27.3 Å². The molecule has 2 aromatic carbocycles. The molecule has 3 nitrogen and oxygen atoms in total. The number of hydrogen-bond donors (Lipinski definition) is 1. The topological polar surface area (TPSA) is 42.2 Å². The smallest absolute Gasteiger partial charge is 0.248 e. The van der Waals surface area contributed by atoms with Crippen LogP contribution in [0, 0.1) is 6.92 Å². The average Bonchev–Trinajstić information content (AvgIpc) is 3.06. The molecule has 1 heterocycles. The summed E-state index contributed by atoms with van der Waals surface area (Å²) >= 11 is 11.9. The molecule has 0 unspecified atom stereocenters. The number of carbonyl (C=O) groups excluding carboxylic acids is 1. The SMILES string of the molecule is Cc1ccc(NC(=O)/C=C/c2ccc(-c3ccc(Cl)cc3)o2)cc1Cl. The first-order valence-electron chi connectivity index (χ1n) is 7.62. The highest BCUT2D eigenvalue weighted by molar-refractivity contribution is 6.31. The average molecular weight is 372 g/mol. The largest absolute Gasteiger partial charge is 0.457 e. The zero-order valence-corrected chi connectivity index (χ0v) is 14.9. The van der Waals surface area contributed by atoms with Gasteiger partial charge < -0.3 is 9.73 Å². The van der Waals surface area contributed by atoms with Gasteiger partial charge in [0.05, 0.1) is 0 Å². The van der Waals surface area contributed by atoms with Crippen LogP contribution in [0.4, 0.5) is 5.69 Å². The second kappa shape index (κ2) is 7.60. The minimum Gasteiger partial charge on any atom is -0.457 e. The summed E-state index contributed by atoms with van der Waals surface area (Å²) in [6.45, 7) is 1.91. The van der Waals surface area contributed by atoms with Crippen molar-refractivity contribution in [2.45, 2.75) is 6.92 Å². The molecule has 0 atom stereocenters. The first-order chi connectivity index (χ1) is 12.0. The number of halogens is 2. The highest BCUT2D eigenvalue weighted by Gasteiger charge is 2.04. The maximum absolute atomic E-state index is 12.0. The molecule has 0 saturated heterocycles. The van der Waals surface area contributed by atoms with Crippen LogP contribution in [0.15, 0.2) is 65.1 Å². The standard InChI is InChI=1S/C20H15Cl2NO2/c1-13-2-7-16(12-18(13)22)23-20(24)11-9-17-8-10-19(25-17)14-3-5-15(21)6-4-14/h2-12H,1H3,(H,23,24)/b11-9+. The van der Waals surface area contributed by atoms with Gasteiger partial charge in [-0.1, -0.05) is 29.3 Å². The second-order valence-corrected chi connectivity index (χ2v) is 6.34. The Hall–Kier alpha value is -2.49. The van der Waals surface area contributed by atoms with Gasteiger partial charge in [0.1, 0.15) is 11.5 Å². The molecule has 1 aromatic heterocycles. The van der Waals surface area contributed by atoms with Gasteiger partial charge in [0, 0.05) is 27.4 Å². The fraction of sp³-hybridized carbons (Fsp3) is 0.0500. The Morgan fingerprint density at radius 1 is 1.04 bits per heavy atom. The van der Waals surface area contributed by atoms with Crippen LogP contribution in [0.1, 0.15) is 11.3 Å². The molecule has 0 bridgehead atoms. The van der Waals surface area contributed by atoms with Gasteiger partial charge in [-0.15, -0.1) is 0 Å². The highest BCUT2D eigenvalue weighted by Crippen LogP contribution is 2.24. The second-order valence-electron chi connectivity index (χ2n) is 5.50. The number of aryl methyl sites for hydroxylation is 1. The molecule has 0 aliphatic carbocycles. The molecule has 0 aliphatic rings. The van der Waals surface area contributed by atoms with Gasteiger partial charge in [0.15, 0.2) is 0 Å². The van der Waals surface area contributed by atoms with Crippen LogP contribution in [0.2, 0.25) is 10.0 Å². The van der Waals surface area contributed by atoms with Crippen LogP contribution in [0.5, 0.6) is 0 Å². The molecule has 126 valence electrons. The fourth-order valence-electron chi connectivity index (χ4n) is 2.22. The third-order valence-corrected chi connectivity index (χ3v) is 4.25. The van der Waals surface area contributed by atoms with Crippen molar-refractivity contribution in [2.24, 2.45) is 0 Å². The lowest BCUT2D eigenvalue weighted by molar-refractivity contribution is -0.111. The number of nitrogens with one attached hydrogen (secondary N) is 1. The van der Waals surface area contributed by atoms with Gasteiger partial charge in [0.2, 0.25) is 5.91 Å². The zero-order valence-electron chi connectivity index (χ0n) is 13.4. The molecule has 25 heavy (non-hydrogen) atoms. The number of amides is 1. The Morgan fingerprint density at radius 3 is 2.52 bits per heavy atom. The molecule has 0 saturated carbocycles. The summed E-state index contributed by atoms with van der Waals surface area (Å²) < 4.78 is 5.71. The number of hydrogen-bond acceptors (Lipinski definition) is 2. The van der Waals surface area contributed by atoms with Gasteiger partial charge in [-0.25, -0.2) is 0 Å². The molecule has 5 heteroatoms. The maximum atomic E-state index is 12.0. The van der Waals surface area contributed by atoms with E-state index < -0.39 is 0 Å². The first-order valence-corrected chi connectivity index (χ1v) is 8.38. The van der Waals surface area contributed by atoms with Gasteiger partial charge >= 0.3 is 0 Å². The number of carbonyl (C=O) groups is 1. The normalized spacial score (nSPS) is 11.0. The van der Waals surface area contributed by atoms with Gasteiger partial charge in [-0.2, -0.15) is 0 Å². The molecular weight excluding hydrogens is 357 g/mol. The van der Waals surface area contributed by atoms with Crippen molar-refractivity contribution in [3.8, 4) is 11.3 Å². The summed E-state index contributed by atoms with van der Waals surface area (Å²) in [4.78, 5) is 12.0. The Morgan fingerprint density at radius 2 is 1.80 bits per heavy atom. The van der Waals surface area contributed by atoms with E-state index in [2.05, 4.69) is 5.32 Å². The Labute approximate surface area is 155 Å². The molecule has 1 amide bonds. The number of rotatable bonds is 4. The summed E-state index contributed by atoms with van der Waals surface area (Å²) in [6.07, 6.45) is 3.03. The molecule has 0 radical (unpaired) electrons. The van der Waals surface area contributed by atoms with Crippen molar-refractivity contribution in [2.75, 3.05) is 5.32 Å². The van der Waals surface area contributed by atoms with Crippen molar-refractivity contribution >= 4 is 40.9 Å². The van der Waals surface area contributed by atoms with E-state index in [-0.39, 0.29) is 5.91 Å². The number of furan rings is 1. The van der Waals surface area contributed by atoms with Crippen LogP contribution in [0.25, 0.3) is 17.4 Å². The lowest BCUT2D eigenvalue weighted by atomic mass is 10.2. The van der Waals surface area contributed by atoms with Crippen LogP contribution < -0.4 is 5.32 Å². The van der Waals surface area contributed by atoms with E-state index in [1.165, 1.54) is 6.08 Å². The van der Waals surface area contributed by atoms with E-state index in [1.54, 1.807) is 36.4 Å². The monoisotopic (exact) mass is 371 g/mol. The lowest BCUT2D eigenvalue weighted by Gasteiger charge is -2.04. The van der Waals surface area contributed by atoms with E-state index >= 15 is 0 Å². The van der Waals surface area contributed by atoms with Gasteiger partial charge in [-0.3, -0.25) is 4.79 Å². The molecule has 0 fully saturated rings. The predicted octanol–water partition coefficient (Wildman–Crippen LogP) is 6.21. The van der Waals surface area contributed by atoms with E-state index in [1.807, 2.05) is 31.2 Å². The minimum atomic E-state index is -0.260. The third-order valence-electron chi connectivity index (χ3n) is 3.59. The van der Waals surface area contributed by atoms with Crippen LogP contribution in [-0.2, 0) is 4.79 Å². The lowest BCUT2D eigenvalue weighted by Crippen LogP contribution is -2.07. The van der Waals surface area contributed by atoms with Crippen LogP contribution in [0.3, 0.4) is 0 Å². The van der Waals surface area contributed by atoms with E-state index in [0.717, 1.165) is 11.1 Å². The highest BCUT2D eigenvalue weighted by atomic mass is 35.5. The molecule has 0 aliphatic heterocycles. The summed E-state index contributed by atoms with van der Waals surface area (Å²) in [5, 5.41) is 4.04. The molecule has 3 rings (SSSR count). The zero-order chi connectivity index (χ0) is 17.8. The van der Waals surface area contributed by atoms with Crippen LogP contribution >= 0.6 is 23.2 Å². The Bertz CT molecular complexity index is 927. The summed E-state index contributed by atoms with van der Waals surface area (Å²) in [5.41, 5.74) is 2.52. The van der Waals surface area contributed by atoms with Gasteiger partial charge in [-0.05, 0) is 67.1 Å². The van der Waals surface area contributed by atoms with E-state index in [4.69, 9.17) is 27.6 Å². The van der Waals surface area contributed by atoms with E-state index in [9.17, 15) is 4.79 Å². The van der Waals surface area contributed by atoms with Crippen molar-refractivity contribution in [1.82, 2.24) is 0 Å². The number of anilines is 1. The van der Waals surface area contributed by atoms with Gasteiger partial charge in [0.25, 0.3) is 0 Å². The van der Waals surface area contributed by atoms with Crippen LogP contribution in [-0.4, -0.2) is 5.91 Å². The summed E-state index contributed by atoms with van der Waals surface area (Å²) in [6, 6.07) is 16.4. The fourth-order valence-corrected chi connectivity index (χ4v) is 2.53. The van der Waals surface area contributed by atoms with Crippen molar-refractivity contribution < 1.29 is 9.21 Å². The molecule has 0 spiro atoms. The first kappa shape index (κ1) is 17.3. The summed E-state index contributed by atoms with van der Waals surface area (Å²) in [5.74, 6) is 1.04. The number of benzene rings is 2. The maximum Gasteiger partial charge on any atom is 0.248 e. The third kappa shape index (κ3) is 4.53. The Balaban J connectivity index is 1.66.